The third-order valence-corrected chi connectivity index (χ3v) is 4.93. The van der Waals surface area contributed by atoms with Crippen molar-refractivity contribution in [2.45, 2.75) is 25.4 Å². The second kappa shape index (κ2) is 6.30. The maximum absolute atomic E-state index is 12.4. The molecule has 2 saturated heterocycles. The van der Waals surface area contributed by atoms with E-state index >= 15 is 0 Å². The summed E-state index contributed by atoms with van der Waals surface area (Å²) in [6.07, 6.45) is 3.61. The smallest absolute Gasteiger partial charge is 0.258 e. The highest BCUT2D eigenvalue weighted by molar-refractivity contribution is 6.32. The fraction of sp³-hybridized carbons (Fsp3) is 0.600. The normalized spacial score (nSPS) is 26.3. The zero-order valence-electron chi connectivity index (χ0n) is 12.2. The van der Waals surface area contributed by atoms with Gasteiger partial charge in [-0.1, -0.05) is 0 Å². The van der Waals surface area contributed by atoms with Gasteiger partial charge in [-0.3, -0.25) is 9.59 Å². The highest BCUT2D eigenvalue weighted by Crippen LogP contribution is 2.33. The molecule has 3 rings (SSSR count). The van der Waals surface area contributed by atoms with Crippen molar-refractivity contribution in [3.63, 3.8) is 0 Å². The number of rotatable bonds is 3. The first-order valence-corrected chi connectivity index (χ1v) is 7.89. The lowest BCUT2D eigenvalue weighted by molar-refractivity contribution is -0.124. The molecule has 2 aliphatic heterocycles. The van der Waals surface area contributed by atoms with Crippen molar-refractivity contribution < 1.29 is 18.7 Å². The van der Waals surface area contributed by atoms with E-state index in [1.54, 1.807) is 11.0 Å². The van der Waals surface area contributed by atoms with E-state index in [9.17, 15) is 9.59 Å². The molecule has 2 fully saturated rings. The van der Waals surface area contributed by atoms with Crippen LogP contribution in [0.4, 0.5) is 0 Å². The van der Waals surface area contributed by atoms with Crippen LogP contribution in [0.2, 0.25) is 5.22 Å². The van der Waals surface area contributed by atoms with Crippen LogP contribution in [-0.2, 0) is 9.53 Å². The Morgan fingerprint density at radius 2 is 2.00 bits per heavy atom. The van der Waals surface area contributed by atoms with Crippen LogP contribution >= 0.6 is 11.6 Å². The molecule has 0 aliphatic carbocycles. The largest absolute Gasteiger partial charge is 0.452 e. The van der Waals surface area contributed by atoms with E-state index in [0.717, 1.165) is 12.8 Å². The molecule has 2 atom stereocenters. The van der Waals surface area contributed by atoms with E-state index in [2.05, 4.69) is 0 Å². The maximum atomic E-state index is 12.4. The van der Waals surface area contributed by atoms with Crippen LogP contribution in [-0.4, -0.2) is 42.5 Å². The minimum absolute atomic E-state index is 0.104. The van der Waals surface area contributed by atoms with Crippen LogP contribution in [0, 0.1) is 11.8 Å². The summed E-state index contributed by atoms with van der Waals surface area (Å²) in [4.78, 5) is 25.6. The Labute approximate surface area is 133 Å². The first kappa shape index (κ1) is 15.4. The number of carbonyl (C=O) groups is 2. The lowest BCUT2D eigenvalue weighted by Gasteiger charge is -2.35. The van der Waals surface area contributed by atoms with Gasteiger partial charge in [-0.15, -0.1) is 0 Å². The molecule has 22 heavy (non-hydrogen) atoms. The number of likely N-dealkylation sites (tertiary alicyclic amines) is 1. The number of carbonyl (C=O) groups excluding carboxylic acids is 2. The average Bonchev–Trinajstić information content (AvgIpc) is 3.15. The number of hydrogen-bond donors (Lipinski definition) is 1. The van der Waals surface area contributed by atoms with Crippen molar-refractivity contribution in [1.29, 1.82) is 0 Å². The predicted molar refractivity (Wildman–Crippen MR) is 79.4 cm³/mol. The Morgan fingerprint density at radius 3 is 2.59 bits per heavy atom. The summed E-state index contributed by atoms with van der Waals surface area (Å²) in [6, 6.07) is 1.58. The van der Waals surface area contributed by atoms with E-state index in [1.165, 1.54) is 6.26 Å². The quantitative estimate of drug-likeness (QED) is 0.915. The van der Waals surface area contributed by atoms with Crippen LogP contribution < -0.4 is 5.73 Å². The molecule has 2 N–H and O–H groups in total. The van der Waals surface area contributed by atoms with Crippen LogP contribution in [0.1, 0.15) is 29.6 Å². The van der Waals surface area contributed by atoms with Crippen LogP contribution in [0.25, 0.3) is 0 Å². The fourth-order valence-electron chi connectivity index (χ4n) is 3.43. The second-order valence-corrected chi connectivity index (χ2v) is 6.21. The minimum Gasteiger partial charge on any atom is -0.452 e. The van der Waals surface area contributed by atoms with Gasteiger partial charge in [-0.2, -0.15) is 0 Å². The molecule has 0 bridgehead atoms. The summed E-state index contributed by atoms with van der Waals surface area (Å²) >= 11 is 5.85. The molecular weight excluding hydrogens is 308 g/mol. The number of nitrogens with two attached hydrogens (primary N) is 1. The first-order valence-electron chi connectivity index (χ1n) is 7.51. The third kappa shape index (κ3) is 2.85. The van der Waals surface area contributed by atoms with Crippen molar-refractivity contribution in [3.8, 4) is 0 Å². The number of ether oxygens (including phenoxy) is 1. The van der Waals surface area contributed by atoms with Gasteiger partial charge in [-0.25, -0.2) is 0 Å². The van der Waals surface area contributed by atoms with Crippen molar-refractivity contribution in [2.75, 3.05) is 19.7 Å². The molecule has 6 nitrogen and oxygen atoms in total. The maximum Gasteiger partial charge on any atom is 0.258 e. The van der Waals surface area contributed by atoms with Crippen LogP contribution in [0.5, 0.6) is 0 Å². The zero-order valence-corrected chi connectivity index (χ0v) is 12.9. The molecule has 120 valence electrons. The van der Waals surface area contributed by atoms with Crippen molar-refractivity contribution in [3.05, 3.63) is 23.1 Å². The SMILES string of the molecule is NC(=O)[C@H]1CCO[C@@H]1C1CCN(C(=O)c2ccoc2Cl)CC1. The Kier molecular flexibility index (Phi) is 4.40. The van der Waals surface area contributed by atoms with Gasteiger partial charge in [0.25, 0.3) is 5.91 Å². The number of hydrogen-bond acceptors (Lipinski definition) is 4. The molecule has 3 heterocycles. The molecule has 2 amide bonds. The van der Waals surface area contributed by atoms with Gasteiger partial charge in [0.2, 0.25) is 11.1 Å². The number of halogens is 1. The van der Waals surface area contributed by atoms with Crippen molar-refractivity contribution in [2.24, 2.45) is 17.6 Å². The number of nitrogens with zero attached hydrogens (tertiary/aromatic N) is 1. The lowest BCUT2D eigenvalue weighted by Crippen LogP contribution is -2.44. The summed E-state index contributed by atoms with van der Waals surface area (Å²) in [6.45, 7) is 1.83. The van der Waals surface area contributed by atoms with Gasteiger partial charge in [0.15, 0.2) is 0 Å². The van der Waals surface area contributed by atoms with Gasteiger partial charge in [-0.05, 0) is 42.8 Å². The molecule has 2 aliphatic rings. The highest BCUT2D eigenvalue weighted by Gasteiger charge is 2.40. The number of furan rings is 1. The average molecular weight is 327 g/mol. The molecule has 0 spiro atoms. The van der Waals surface area contributed by atoms with Gasteiger partial charge in [0.05, 0.1) is 23.8 Å². The van der Waals surface area contributed by atoms with E-state index in [4.69, 9.17) is 26.5 Å². The van der Waals surface area contributed by atoms with Gasteiger partial charge >= 0.3 is 0 Å². The monoisotopic (exact) mass is 326 g/mol. The van der Waals surface area contributed by atoms with E-state index < -0.39 is 0 Å². The second-order valence-electron chi connectivity index (χ2n) is 5.87. The van der Waals surface area contributed by atoms with Gasteiger partial charge < -0.3 is 19.8 Å². The molecule has 1 aromatic heterocycles. The Morgan fingerprint density at radius 1 is 1.27 bits per heavy atom. The summed E-state index contributed by atoms with van der Waals surface area (Å²) in [7, 11) is 0. The summed E-state index contributed by atoms with van der Waals surface area (Å²) < 4.78 is 10.7. The van der Waals surface area contributed by atoms with Crippen LogP contribution in [0.3, 0.4) is 0 Å². The summed E-state index contributed by atoms with van der Waals surface area (Å²) in [5, 5.41) is 0.125. The van der Waals surface area contributed by atoms with Crippen LogP contribution in [0.15, 0.2) is 16.7 Å². The molecule has 0 aromatic carbocycles. The fourth-order valence-corrected chi connectivity index (χ4v) is 3.62. The Balaban J connectivity index is 1.60. The Bertz CT molecular complexity index is 566. The molecule has 1 aromatic rings. The van der Waals surface area contributed by atoms with E-state index in [0.29, 0.717) is 31.7 Å². The summed E-state index contributed by atoms with van der Waals surface area (Å²) in [5.41, 5.74) is 5.84. The zero-order chi connectivity index (χ0) is 15.7. The van der Waals surface area contributed by atoms with Crippen molar-refractivity contribution >= 4 is 23.4 Å². The molecule has 0 radical (unpaired) electrons. The van der Waals surface area contributed by atoms with Gasteiger partial charge in [0, 0.05) is 19.7 Å². The molecule has 7 heteroatoms. The predicted octanol–water partition coefficient (Wildman–Crippen LogP) is 1.68. The standard InChI is InChI=1S/C15H19ClN2O4/c16-13-11(4-8-22-13)15(20)18-5-1-9(2-6-18)12-10(14(17)19)3-7-21-12/h4,8-10,12H,1-3,5-7H2,(H2,17,19)/t10-,12+/m0/s1. The van der Waals surface area contributed by atoms with Crippen molar-refractivity contribution in [1.82, 2.24) is 4.90 Å². The third-order valence-electron chi connectivity index (χ3n) is 4.64. The first-order chi connectivity index (χ1) is 10.6. The summed E-state index contributed by atoms with van der Waals surface area (Å²) in [5.74, 6) is -0.332. The molecule has 0 saturated carbocycles. The molecular formula is C15H19ClN2O4. The van der Waals surface area contributed by atoms with Gasteiger partial charge in [0.1, 0.15) is 0 Å². The number of piperidine rings is 1. The highest BCUT2D eigenvalue weighted by atomic mass is 35.5. The van der Waals surface area contributed by atoms with E-state index in [-0.39, 0.29) is 35.0 Å². The van der Waals surface area contributed by atoms with E-state index in [1.807, 2.05) is 0 Å². The topological polar surface area (TPSA) is 85.8 Å². The Hall–Kier alpha value is -1.53. The molecule has 0 unspecified atom stereocenters. The number of amides is 2. The lowest BCUT2D eigenvalue weighted by atomic mass is 9.84. The number of primary amides is 1. The minimum atomic E-state index is -0.286.